The molecule has 0 atom stereocenters. The molecule has 2 aromatic rings. The average molecular weight is 455 g/mol. The van der Waals surface area contributed by atoms with E-state index in [-0.39, 0.29) is 11.8 Å². The Labute approximate surface area is 182 Å². The molecule has 8 heteroatoms. The molecule has 156 valence electrons. The number of carbonyl (C=O) groups is 1. The minimum Gasteiger partial charge on any atom is -0.323 e. The molecule has 0 aliphatic carbocycles. The van der Waals surface area contributed by atoms with Crippen molar-refractivity contribution in [2.24, 2.45) is 5.92 Å². The van der Waals surface area contributed by atoms with Gasteiger partial charge in [-0.1, -0.05) is 47.0 Å². The van der Waals surface area contributed by atoms with Gasteiger partial charge in [0.25, 0.3) is 0 Å². The van der Waals surface area contributed by atoms with Gasteiger partial charge in [0.2, 0.25) is 15.9 Å². The van der Waals surface area contributed by atoms with E-state index in [0.29, 0.717) is 46.6 Å². The Morgan fingerprint density at radius 3 is 2.07 bits per heavy atom. The molecular formula is C21H24Cl2N2O3S. The monoisotopic (exact) mass is 454 g/mol. The Morgan fingerprint density at radius 1 is 1.03 bits per heavy atom. The summed E-state index contributed by atoms with van der Waals surface area (Å²) in [5, 5.41) is 3.53. The van der Waals surface area contributed by atoms with E-state index >= 15 is 0 Å². The van der Waals surface area contributed by atoms with Gasteiger partial charge in [-0.05, 0) is 56.9 Å². The maximum absolute atomic E-state index is 13.2. The summed E-state index contributed by atoms with van der Waals surface area (Å²) < 4.78 is 27.9. The fourth-order valence-electron chi connectivity index (χ4n) is 3.90. The Morgan fingerprint density at radius 2 is 1.55 bits per heavy atom. The molecule has 0 unspecified atom stereocenters. The third-order valence-corrected chi connectivity index (χ3v) is 8.07. The fraction of sp³-hybridized carbons (Fsp3) is 0.381. The van der Waals surface area contributed by atoms with E-state index in [0.717, 1.165) is 16.7 Å². The highest BCUT2D eigenvalue weighted by Gasteiger charge is 2.34. The molecule has 1 amide bonds. The van der Waals surface area contributed by atoms with Gasteiger partial charge in [0.15, 0.2) is 0 Å². The van der Waals surface area contributed by atoms with E-state index in [1.165, 1.54) is 4.31 Å². The third-order valence-electron chi connectivity index (χ3n) is 5.24. The number of anilines is 1. The maximum Gasteiger partial charge on any atom is 0.243 e. The van der Waals surface area contributed by atoms with Gasteiger partial charge in [0.05, 0.1) is 20.6 Å². The van der Waals surface area contributed by atoms with Gasteiger partial charge < -0.3 is 5.32 Å². The number of benzene rings is 2. The number of sulfonamides is 1. The minimum atomic E-state index is -3.60. The molecule has 29 heavy (non-hydrogen) atoms. The fourth-order valence-corrected chi connectivity index (χ4v) is 6.28. The summed E-state index contributed by atoms with van der Waals surface area (Å²) in [5.41, 5.74) is 2.92. The number of nitrogens with zero attached hydrogens (tertiary/aromatic N) is 1. The van der Waals surface area contributed by atoms with Gasteiger partial charge in [-0.3, -0.25) is 4.79 Å². The van der Waals surface area contributed by atoms with Crippen molar-refractivity contribution in [3.63, 3.8) is 0 Å². The van der Waals surface area contributed by atoms with E-state index in [9.17, 15) is 13.2 Å². The van der Waals surface area contributed by atoms with Crippen LogP contribution in [-0.2, 0) is 14.8 Å². The lowest BCUT2D eigenvalue weighted by atomic mass is 9.97. The summed E-state index contributed by atoms with van der Waals surface area (Å²) in [6.07, 6.45) is 0.883. The number of hydrogen-bond acceptors (Lipinski definition) is 3. The van der Waals surface area contributed by atoms with Crippen LogP contribution in [0, 0.1) is 26.7 Å². The smallest absolute Gasteiger partial charge is 0.243 e. The molecule has 5 nitrogen and oxygen atoms in total. The SMILES string of the molecule is Cc1cc(C)c(S(=O)(=O)N2CCC(C(=O)Nc3c(Cl)cccc3Cl)CC2)c(C)c1. The van der Waals surface area contributed by atoms with Crippen molar-refractivity contribution in [1.29, 1.82) is 0 Å². The number of halogens is 2. The van der Waals surface area contributed by atoms with Crippen molar-refractivity contribution in [3.05, 3.63) is 57.1 Å². The molecule has 1 heterocycles. The average Bonchev–Trinajstić information content (AvgIpc) is 2.63. The number of amides is 1. The van der Waals surface area contributed by atoms with Crippen molar-refractivity contribution in [3.8, 4) is 0 Å². The van der Waals surface area contributed by atoms with Crippen LogP contribution in [0.1, 0.15) is 29.5 Å². The van der Waals surface area contributed by atoms with Crippen molar-refractivity contribution in [1.82, 2.24) is 4.31 Å². The Balaban J connectivity index is 1.71. The topological polar surface area (TPSA) is 66.5 Å². The Hall–Kier alpha value is -1.60. The van der Waals surface area contributed by atoms with E-state index in [1.807, 2.05) is 32.9 Å². The molecule has 1 fully saturated rings. The van der Waals surface area contributed by atoms with Crippen LogP contribution in [0.15, 0.2) is 35.2 Å². The van der Waals surface area contributed by atoms with Crippen molar-refractivity contribution in [2.75, 3.05) is 18.4 Å². The second-order valence-corrected chi connectivity index (χ2v) is 10.2. The lowest BCUT2D eigenvalue weighted by Gasteiger charge is -2.31. The highest BCUT2D eigenvalue weighted by atomic mass is 35.5. The molecule has 0 bridgehead atoms. The molecular weight excluding hydrogens is 431 g/mol. The Kier molecular flexibility index (Phi) is 6.58. The first-order valence-electron chi connectivity index (χ1n) is 9.44. The van der Waals surface area contributed by atoms with Gasteiger partial charge in [-0.2, -0.15) is 4.31 Å². The van der Waals surface area contributed by atoms with Crippen LogP contribution < -0.4 is 5.32 Å². The predicted octanol–water partition coefficient (Wildman–Crippen LogP) is 4.96. The zero-order chi connectivity index (χ0) is 21.3. The number of carbonyl (C=O) groups excluding carboxylic acids is 1. The molecule has 0 aromatic heterocycles. The van der Waals surface area contributed by atoms with Crippen LogP contribution in [0.25, 0.3) is 0 Å². The van der Waals surface area contributed by atoms with Gasteiger partial charge in [0, 0.05) is 19.0 Å². The molecule has 2 aromatic carbocycles. The molecule has 0 spiro atoms. The summed E-state index contributed by atoms with van der Waals surface area (Å²) in [6, 6.07) is 8.79. The number of aryl methyl sites for hydroxylation is 3. The summed E-state index contributed by atoms with van der Waals surface area (Å²) in [7, 11) is -3.60. The van der Waals surface area contributed by atoms with Crippen LogP contribution in [-0.4, -0.2) is 31.7 Å². The van der Waals surface area contributed by atoms with E-state index in [1.54, 1.807) is 18.2 Å². The summed E-state index contributed by atoms with van der Waals surface area (Å²) in [6.45, 7) is 6.18. The molecule has 1 N–H and O–H groups in total. The lowest BCUT2D eigenvalue weighted by Crippen LogP contribution is -2.41. The number of hydrogen-bond donors (Lipinski definition) is 1. The minimum absolute atomic E-state index is 0.195. The zero-order valence-electron chi connectivity index (χ0n) is 16.6. The number of piperidine rings is 1. The number of rotatable bonds is 4. The van der Waals surface area contributed by atoms with Gasteiger partial charge in [0.1, 0.15) is 0 Å². The van der Waals surface area contributed by atoms with E-state index in [2.05, 4.69) is 5.32 Å². The van der Waals surface area contributed by atoms with Gasteiger partial charge >= 0.3 is 0 Å². The molecule has 3 rings (SSSR count). The molecule has 0 saturated carbocycles. The van der Waals surface area contributed by atoms with Gasteiger partial charge in [-0.15, -0.1) is 0 Å². The largest absolute Gasteiger partial charge is 0.323 e. The van der Waals surface area contributed by atoms with Crippen molar-refractivity contribution in [2.45, 2.75) is 38.5 Å². The number of nitrogens with one attached hydrogen (secondary N) is 1. The van der Waals surface area contributed by atoms with E-state index in [4.69, 9.17) is 23.2 Å². The number of para-hydroxylation sites is 1. The first-order chi connectivity index (χ1) is 13.6. The van der Waals surface area contributed by atoms with Crippen LogP contribution >= 0.6 is 23.2 Å². The molecule has 1 aliphatic heterocycles. The van der Waals surface area contributed by atoms with Crippen LogP contribution in [0.2, 0.25) is 10.0 Å². The second kappa shape index (κ2) is 8.64. The van der Waals surface area contributed by atoms with Crippen LogP contribution in [0.5, 0.6) is 0 Å². The van der Waals surface area contributed by atoms with Crippen LogP contribution in [0.4, 0.5) is 5.69 Å². The van der Waals surface area contributed by atoms with Gasteiger partial charge in [-0.25, -0.2) is 8.42 Å². The standard InChI is InChI=1S/C21H24Cl2N2O3S/c1-13-11-14(2)20(15(3)12-13)29(27,28)25-9-7-16(8-10-25)21(26)24-19-17(22)5-4-6-18(19)23/h4-6,11-12,16H,7-10H2,1-3H3,(H,24,26). The molecule has 0 radical (unpaired) electrons. The third kappa shape index (κ3) is 4.61. The first kappa shape index (κ1) is 22.1. The van der Waals surface area contributed by atoms with Crippen LogP contribution in [0.3, 0.4) is 0 Å². The highest BCUT2D eigenvalue weighted by molar-refractivity contribution is 7.89. The zero-order valence-corrected chi connectivity index (χ0v) is 19.0. The van der Waals surface area contributed by atoms with Crippen molar-refractivity contribution >= 4 is 44.8 Å². The predicted molar refractivity (Wildman–Crippen MR) is 117 cm³/mol. The summed E-state index contributed by atoms with van der Waals surface area (Å²) in [4.78, 5) is 13.0. The van der Waals surface area contributed by atoms with E-state index < -0.39 is 10.0 Å². The molecule has 1 saturated heterocycles. The van der Waals surface area contributed by atoms with Crippen molar-refractivity contribution < 1.29 is 13.2 Å². The maximum atomic E-state index is 13.2. The summed E-state index contributed by atoms with van der Waals surface area (Å²) in [5.74, 6) is -0.492. The quantitative estimate of drug-likeness (QED) is 0.709. The molecule has 1 aliphatic rings. The lowest BCUT2D eigenvalue weighted by molar-refractivity contribution is -0.120. The highest BCUT2D eigenvalue weighted by Crippen LogP contribution is 2.32. The normalized spacial score (nSPS) is 16.0. The first-order valence-corrected chi connectivity index (χ1v) is 11.6. The Bertz CT molecular complexity index is 1000. The summed E-state index contributed by atoms with van der Waals surface area (Å²) >= 11 is 12.2. The second-order valence-electron chi connectivity index (χ2n) is 7.49.